The van der Waals surface area contributed by atoms with Crippen LogP contribution in [0.3, 0.4) is 0 Å². The number of ether oxygens (including phenoxy) is 1. The minimum absolute atomic E-state index is 0.00231. The molecule has 1 fully saturated rings. The minimum Gasteiger partial charge on any atom is -0.475 e. The highest BCUT2D eigenvalue weighted by molar-refractivity contribution is 5.98. The van der Waals surface area contributed by atoms with E-state index in [0.717, 1.165) is 36.8 Å². The number of hydrogen-bond donors (Lipinski definition) is 2. The fourth-order valence-electron chi connectivity index (χ4n) is 3.87. The maximum absolute atomic E-state index is 14.0. The standard InChI is InChI=1S/C23H24FN3O2.C2HF3O2/c24-17-5-3-4-15(10-17)23-19-12-22(29-9-2-1-8-25)21(28)11-16(19)14-27(18-6-7-18)20(23)13-26;3-2(4,5)1(6)7/h3-5,10,12,14,18,22H,1-2,6-9,11,25H2;(H,6,7). The fourth-order valence-corrected chi connectivity index (χ4v) is 3.87. The van der Waals surface area contributed by atoms with Crippen LogP contribution in [0.5, 0.6) is 0 Å². The number of alkyl halides is 3. The van der Waals surface area contributed by atoms with Gasteiger partial charge in [0.25, 0.3) is 0 Å². The molecule has 0 amide bonds. The Labute approximate surface area is 205 Å². The maximum atomic E-state index is 14.0. The number of carboxylic acids is 1. The summed E-state index contributed by atoms with van der Waals surface area (Å²) in [6.07, 6.45) is 1.86. The number of nitriles is 1. The smallest absolute Gasteiger partial charge is 0.475 e. The van der Waals surface area contributed by atoms with Gasteiger partial charge < -0.3 is 20.5 Å². The number of Topliss-reactive ketones (excluding diaryl/α,β-unsaturated/α-hetero) is 1. The first-order chi connectivity index (χ1) is 17.1. The SMILES string of the molecule is N#CC1=C(c2cccc(F)c2)C2=CC(OCCCCN)C(=O)CC2=CN1C1CC1.O=C(O)C(F)(F)F. The average molecular weight is 507 g/mol. The van der Waals surface area contributed by atoms with Crippen molar-refractivity contribution in [1.82, 2.24) is 4.90 Å². The molecular formula is C25H25F4N3O4. The van der Waals surface area contributed by atoms with Gasteiger partial charge in [-0.2, -0.15) is 18.4 Å². The highest BCUT2D eigenvalue weighted by Gasteiger charge is 2.39. The van der Waals surface area contributed by atoms with Crippen molar-refractivity contribution in [3.8, 4) is 6.07 Å². The lowest BCUT2D eigenvalue weighted by Gasteiger charge is -2.34. The molecule has 1 unspecified atom stereocenters. The number of nitrogens with zero attached hydrogens (tertiary/aromatic N) is 2. The average Bonchev–Trinajstić information content (AvgIpc) is 3.66. The first-order valence-corrected chi connectivity index (χ1v) is 11.3. The van der Waals surface area contributed by atoms with Crippen LogP contribution in [0.15, 0.2) is 53.4 Å². The number of ketones is 1. The molecule has 36 heavy (non-hydrogen) atoms. The third-order valence-electron chi connectivity index (χ3n) is 5.70. The Morgan fingerprint density at radius 3 is 2.53 bits per heavy atom. The molecule has 2 aliphatic carbocycles. The van der Waals surface area contributed by atoms with Crippen LogP contribution >= 0.6 is 0 Å². The number of hydrogen-bond acceptors (Lipinski definition) is 6. The Kier molecular flexibility index (Phi) is 8.66. The van der Waals surface area contributed by atoms with E-state index in [1.165, 1.54) is 12.1 Å². The van der Waals surface area contributed by atoms with E-state index in [1.54, 1.807) is 18.2 Å². The van der Waals surface area contributed by atoms with E-state index in [1.807, 2.05) is 11.1 Å². The first kappa shape index (κ1) is 27.1. The number of carbonyl (C=O) groups excluding carboxylic acids is 1. The Hall–Kier alpha value is -3.49. The lowest BCUT2D eigenvalue weighted by molar-refractivity contribution is -0.192. The molecule has 1 aromatic rings. The quantitative estimate of drug-likeness (QED) is 0.422. The molecule has 1 aromatic carbocycles. The summed E-state index contributed by atoms with van der Waals surface area (Å²) in [5, 5.41) is 17.1. The van der Waals surface area contributed by atoms with Gasteiger partial charge in [0.05, 0.1) is 0 Å². The van der Waals surface area contributed by atoms with Crippen LogP contribution in [-0.2, 0) is 14.3 Å². The van der Waals surface area contributed by atoms with E-state index in [4.69, 9.17) is 20.4 Å². The highest BCUT2D eigenvalue weighted by Crippen LogP contribution is 2.44. The van der Waals surface area contributed by atoms with Gasteiger partial charge in [0, 0.05) is 30.8 Å². The normalized spacial score (nSPS) is 19.5. The van der Waals surface area contributed by atoms with Crippen LogP contribution in [0.4, 0.5) is 17.6 Å². The van der Waals surface area contributed by atoms with E-state index < -0.39 is 18.2 Å². The van der Waals surface area contributed by atoms with Crippen LogP contribution in [-0.4, -0.2) is 53.2 Å². The fraction of sp³-hybridized carbons (Fsp3) is 0.400. The molecule has 0 saturated heterocycles. The molecule has 1 aliphatic heterocycles. The van der Waals surface area contributed by atoms with Gasteiger partial charge in [-0.05, 0) is 67.1 Å². The van der Waals surface area contributed by atoms with E-state index in [0.29, 0.717) is 30.0 Å². The van der Waals surface area contributed by atoms with Gasteiger partial charge in [-0.3, -0.25) is 4.79 Å². The Bertz CT molecular complexity index is 1150. The number of carbonyl (C=O) groups is 2. The van der Waals surface area contributed by atoms with Gasteiger partial charge in [0.15, 0.2) is 5.78 Å². The van der Waals surface area contributed by atoms with E-state index in [9.17, 15) is 27.6 Å². The van der Waals surface area contributed by atoms with Crippen molar-refractivity contribution in [2.24, 2.45) is 5.73 Å². The molecule has 4 rings (SSSR count). The molecule has 0 spiro atoms. The van der Waals surface area contributed by atoms with Crippen molar-refractivity contribution in [2.75, 3.05) is 13.2 Å². The number of rotatable bonds is 7. The topological polar surface area (TPSA) is 117 Å². The van der Waals surface area contributed by atoms with Crippen molar-refractivity contribution in [3.05, 3.63) is 64.8 Å². The number of halogens is 4. The summed E-state index contributed by atoms with van der Waals surface area (Å²) in [4.78, 5) is 23.5. The van der Waals surface area contributed by atoms with Crippen molar-refractivity contribution in [2.45, 2.75) is 50.4 Å². The van der Waals surface area contributed by atoms with Crippen molar-refractivity contribution >= 4 is 17.3 Å². The predicted molar refractivity (Wildman–Crippen MR) is 121 cm³/mol. The second kappa shape index (κ2) is 11.5. The Balaban J connectivity index is 0.000000454. The summed E-state index contributed by atoms with van der Waals surface area (Å²) < 4.78 is 51.5. The van der Waals surface area contributed by atoms with E-state index in [-0.39, 0.29) is 24.1 Å². The number of benzene rings is 1. The minimum atomic E-state index is -5.08. The van der Waals surface area contributed by atoms with Crippen molar-refractivity contribution in [3.63, 3.8) is 0 Å². The molecule has 1 atom stereocenters. The second-order valence-corrected chi connectivity index (χ2v) is 8.45. The van der Waals surface area contributed by atoms with Crippen molar-refractivity contribution in [1.29, 1.82) is 5.26 Å². The summed E-state index contributed by atoms with van der Waals surface area (Å²) in [5.74, 6) is -3.11. The summed E-state index contributed by atoms with van der Waals surface area (Å²) in [6.45, 7) is 1.04. The molecule has 1 saturated carbocycles. The zero-order valence-corrected chi connectivity index (χ0v) is 19.2. The van der Waals surface area contributed by atoms with Gasteiger partial charge in [0.1, 0.15) is 23.7 Å². The Morgan fingerprint density at radius 1 is 1.28 bits per heavy atom. The summed E-state index contributed by atoms with van der Waals surface area (Å²) in [5.41, 5.74) is 9.00. The number of carboxylic acid groups (broad SMARTS) is 1. The lowest BCUT2D eigenvalue weighted by atomic mass is 9.81. The largest absolute Gasteiger partial charge is 0.490 e. The van der Waals surface area contributed by atoms with Gasteiger partial charge in [-0.15, -0.1) is 0 Å². The van der Waals surface area contributed by atoms with Crippen LogP contribution in [0.2, 0.25) is 0 Å². The number of allylic oxidation sites excluding steroid dienone is 4. The third kappa shape index (κ3) is 6.59. The zero-order valence-electron chi connectivity index (χ0n) is 19.2. The van der Waals surface area contributed by atoms with Crippen LogP contribution in [0.25, 0.3) is 5.57 Å². The summed E-state index contributed by atoms with van der Waals surface area (Å²) >= 11 is 0. The van der Waals surface area contributed by atoms with Gasteiger partial charge in [-0.25, -0.2) is 9.18 Å². The molecule has 1 heterocycles. The lowest BCUT2D eigenvalue weighted by Crippen LogP contribution is -2.32. The molecule has 11 heteroatoms. The van der Waals surface area contributed by atoms with E-state index >= 15 is 0 Å². The van der Waals surface area contributed by atoms with Gasteiger partial charge in [-0.1, -0.05) is 12.1 Å². The first-order valence-electron chi connectivity index (χ1n) is 11.3. The van der Waals surface area contributed by atoms with Crippen LogP contribution in [0, 0.1) is 17.1 Å². The van der Waals surface area contributed by atoms with Gasteiger partial charge >= 0.3 is 12.1 Å². The summed E-state index contributed by atoms with van der Waals surface area (Å²) in [7, 11) is 0. The molecule has 3 aliphatic rings. The van der Waals surface area contributed by atoms with E-state index in [2.05, 4.69) is 6.07 Å². The molecule has 7 nitrogen and oxygen atoms in total. The molecule has 192 valence electrons. The Morgan fingerprint density at radius 2 is 1.97 bits per heavy atom. The molecule has 3 N–H and O–H groups in total. The number of unbranched alkanes of at least 4 members (excludes halogenated alkanes) is 1. The summed E-state index contributed by atoms with van der Waals surface area (Å²) in [6, 6.07) is 8.86. The number of nitrogens with two attached hydrogens (primary N) is 1. The maximum Gasteiger partial charge on any atom is 0.490 e. The number of fused-ring (bicyclic) bond motifs is 1. The third-order valence-corrected chi connectivity index (χ3v) is 5.70. The molecule has 0 radical (unpaired) electrons. The van der Waals surface area contributed by atoms with Crippen LogP contribution < -0.4 is 5.73 Å². The predicted octanol–water partition coefficient (Wildman–Crippen LogP) is 4.08. The second-order valence-electron chi connectivity index (χ2n) is 8.45. The molecule has 0 aromatic heterocycles. The zero-order chi connectivity index (χ0) is 26.5. The number of aliphatic carboxylic acids is 1. The van der Waals surface area contributed by atoms with Crippen molar-refractivity contribution < 1.29 is 37.0 Å². The van der Waals surface area contributed by atoms with Gasteiger partial charge in [0.2, 0.25) is 0 Å². The highest BCUT2D eigenvalue weighted by atomic mass is 19.4. The molecular weight excluding hydrogens is 482 g/mol. The monoisotopic (exact) mass is 507 g/mol. The molecule has 0 bridgehead atoms. The van der Waals surface area contributed by atoms with Crippen LogP contribution in [0.1, 0.15) is 37.7 Å².